The lowest BCUT2D eigenvalue weighted by Crippen LogP contribution is -2.55. The number of benzene rings is 3. The summed E-state index contributed by atoms with van der Waals surface area (Å²) in [7, 11) is 0. The summed E-state index contributed by atoms with van der Waals surface area (Å²) in [5.74, 6) is 1.60. The molecule has 0 saturated carbocycles. The maximum Gasteiger partial charge on any atom is 0.416 e. The smallest absolute Gasteiger partial charge is 0.416 e. The van der Waals surface area contributed by atoms with Crippen LogP contribution in [0.4, 0.5) is 24.5 Å². The molecule has 270 valence electrons. The number of aromatic nitrogens is 1. The van der Waals surface area contributed by atoms with E-state index in [1.54, 1.807) is 41.3 Å². The molecule has 4 heterocycles. The van der Waals surface area contributed by atoms with E-state index in [9.17, 15) is 27.6 Å². The van der Waals surface area contributed by atoms with Crippen molar-refractivity contribution in [1.29, 1.82) is 0 Å². The second-order valence-corrected chi connectivity index (χ2v) is 12.6. The minimum Gasteiger partial charge on any atom is -0.454 e. The maximum atomic E-state index is 13.1. The van der Waals surface area contributed by atoms with Gasteiger partial charge in [0.2, 0.25) is 24.5 Å². The van der Waals surface area contributed by atoms with Crippen LogP contribution < -0.4 is 24.4 Å². The van der Waals surface area contributed by atoms with E-state index < -0.39 is 17.6 Å². The third kappa shape index (κ3) is 8.27. The van der Waals surface area contributed by atoms with Gasteiger partial charge in [0.05, 0.1) is 30.5 Å². The number of alkyl halides is 3. The van der Waals surface area contributed by atoms with Crippen LogP contribution in [0.15, 0.2) is 85.1 Å². The number of halogens is 3. The van der Waals surface area contributed by atoms with Crippen LogP contribution in [0.1, 0.15) is 21.5 Å². The fraction of sp³-hybridized carbons (Fsp3) is 0.297. The highest BCUT2D eigenvalue weighted by atomic mass is 19.4. The zero-order valence-electron chi connectivity index (χ0n) is 28.0. The average molecular weight is 717 g/mol. The SMILES string of the molecule is O=C(Nc1ccc(Oc2ccc(N3CCN(CC(=O)N4CCN(Cc5ccc6c(c5)OCO6)CC4)CC3=O)cc2)nc1)c1ccc(C(F)(F)F)cc1. The van der Waals surface area contributed by atoms with Crippen molar-refractivity contribution < 1.29 is 41.8 Å². The second-order valence-electron chi connectivity index (χ2n) is 12.6. The van der Waals surface area contributed by atoms with Gasteiger partial charge in [0.25, 0.3) is 5.91 Å². The average Bonchev–Trinajstić information content (AvgIpc) is 3.61. The van der Waals surface area contributed by atoms with Gasteiger partial charge in [0.15, 0.2) is 11.5 Å². The lowest BCUT2D eigenvalue weighted by molar-refractivity contribution is -0.138. The van der Waals surface area contributed by atoms with E-state index in [0.29, 0.717) is 43.3 Å². The molecule has 3 aliphatic heterocycles. The van der Waals surface area contributed by atoms with E-state index in [1.807, 2.05) is 28.0 Å². The summed E-state index contributed by atoms with van der Waals surface area (Å²) in [4.78, 5) is 50.6. The molecular weight excluding hydrogens is 681 g/mol. The molecule has 3 amide bonds. The number of fused-ring (bicyclic) bond motifs is 1. The number of hydrogen-bond acceptors (Lipinski definition) is 9. The van der Waals surface area contributed by atoms with E-state index in [0.717, 1.165) is 61.0 Å². The summed E-state index contributed by atoms with van der Waals surface area (Å²) in [6.45, 7) is 5.15. The van der Waals surface area contributed by atoms with Crippen molar-refractivity contribution >= 4 is 29.1 Å². The number of ether oxygens (including phenoxy) is 3. The minimum absolute atomic E-state index is 0.0219. The van der Waals surface area contributed by atoms with Gasteiger partial charge in [-0.05, 0) is 72.3 Å². The predicted octanol–water partition coefficient (Wildman–Crippen LogP) is 4.87. The first-order chi connectivity index (χ1) is 25.1. The molecule has 1 aromatic heterocycles. The first-order valence-electron chi connectivity index (χ1n) is 16.7. The van der Waals surface area contributed by atoms with E-state index in [2.05, 4.69) is 15.2 Å². The number of carbonyl (C=O) groups is 3. The Kier molecular flexibility index (Phi) is 9.96. The molecule has 52 heavy (non-hydrogen) atoms. The minimum atomic E-state index is -4.49. The van der Waals surface area contributed by atoms with Gasteiger partial charge in [-0.2, -0.15) is 13.2 Å². The molecule has 3 aliphatic rings. The van der Waals surface area contributed by atoms with Crippen LogP contribution in [-0.4, -0.2) is 96.6 Å². The quantitative estimate of drug-likeness (QED) is 0.259. The Bertz CT molecular complexity index is 1920. The maximum absolute atomic E-state index is 13.1. The fourth-order valence-corrected chi connectivity index (χ4v) is 6.22. The lowest BCUT2D eigenvalue weighted by atomic mass is 10.1. The highest BCUT2D eigenvalue weighted by molar-refractivity contribution is 6.04. The Morgan fingerprint density at radius 3 is 2.25 bits per heavy atom. The van der Waals surface area contributed by atoms with Gasteiger partial charge in [0, 0.05) is 63.1 Å². The third-order valence-corrected chi connectivity index (χ3v) is 9.07. The Morgan fingerprint density at radius 1 is 0.827 bits per heavy atom. The van der Waals surface area contributed by atoms with Gasteiger partial charge in [0.1, 0.15) is 5.75 Å². The summed E-state index contributed by atoms with van der Waals surface area (Å²) >= 11 is 0. The van der Waals surface area contributed by atoms with Crippen LogP contribution in [-0.2, 0) is 22.3 Å². The summed E-state index contributed by atoms with van der Waals surface area (Å²) in [6.07, 6.45) is -3.11. The highest BCUT2D eigenvalue weighted by Crippen LogP contribution is 2.33. The van der Waals surface area contributed by atoms with E-state index >= 15 is 0 Å². The number of nitrogens with one attached hydrogen (secondary N) is 1. The van der Waals surface area contributed by atoms with Crippen LogP contribution in [0.2, 0.25) is 0 Å². The zero-order valence-corrected chi connectivity index (χ0v) is 28.0. The monoisotopic (exact) mass is 716 g/mol. The number of carbonyl (C=O) groups excluding carboxylic acids is 3. The van der Waals surface area contributed by atoms with E-state index in [4.69, 9.17) is 14.2 Å². The molecule has 15 heteroatoms. The first kappa shape index (κ1) is 34.8. The molecule has 0 aliphatic carbocycles. The molecule has 7 rings (SSSR count). The first-order valence-corrected chi connectivity index (χ1v) is 16.7. The van der Waals surface area contributed by atoms with E-state index in [-0.39, 0.29) is 43.1 Å². The molecular formula is C37H35F3N6O6. The van der Waals surface area contributed by atoms with Gasteiger partial charge in [-0.1, -0.05) is 6.07 Å². The van der Waals surface area contributed by atoms with Crippen molar-refractivity contribution in [3.8, 4) is 23.1 Å². The molecule has 0 radical (unpaired) electrons. The van der Waals surface area contributed by atoms with Crippen molar-refractivity contribution in [3.05, 3.63) is 102 Å². The third-order valence-electron chi connectivity index (χ3n) is 9.07. The van der Waals surface area contributed by atoms with Crippen molar-refractivity contribution in [2.24, 2.45) is 0 Å². The molecule has 2 fully saturated rings. The zero-order chi connectivity index (χ0) is 36.2. The molecule has 4 aromatic rings. The Labute approximate surface area is 297 Å². The Hall–Kier alpha value is -5.67. The normalized spacial score (nSPS) is 16.6. The van der Waals surface area contributed by atoms with Gasteiger partial charge in [-0.15, -0.1) is 0 Å². The van der Waals surface area contributed by atoms with Crippen LogP contribution >= 0.6 is 0 Å². The molecule has 3 aromatic carbocycles. The highest BCUT2D eigenvalue weighted by Gasteiger charge is 2.31. The molecule has 1 N–H and O–H groups in total. The second kappa shape index (κ2) is 14.9. The van der Waals surface area contributed by atoms with Crippen LogP contribution in [0.25, 0.3) is 0 Å². The van der Waals surface area contributed by atoms with E-state index in [1.165, 1.54) is 6.20 Å². The number of rotatable bonds is 9. The van der Waals surface area contributed by atoms with Gasteiger partial charge < -0.3 is 29.3 Å². The van der Waals surface area contributed by atoms with Crippen molar-refractivity contribution in [1.82, 2.24) is 19.7 Å². The van der Waals surface area contributed by atoms with Crippen molar-refractivity contribution in [2.75, 3.05) is 69.4 Å². The summed E-state index contributed by atoms with van der Waals surface area (Å²) < 4.78 is 55.1. The van der Waals surface area contributed by atoms with Crippen molar-refractivity contribution in [2.45, 2.75) is 12.7 Å². The largest absolute Gasteiger partial charge is 0.454 e. The van der Waals surface area contributed by atoms with Crippen molar-refractivity contribution in [3.63, 3.8) is 0 Å². The van der Waals surface area contributed by atoms with Gasteiger partial charge >= 0.3 is 6.18 Å². The number of piperazine rings is 2. The number of anilines is 2. The molecule has 2 saturated heterocycles. The standard InChI is InChI=1S/C37H35F3N6O6/c38-37(39,40)27-4-2-26(3-5-27)36(49)42-28-6-12-33(41-20-28)52-30-9-7-29(8-10-30)46-18-15-44(23-35(46)48)22-34(47)45-16-13-43(14-17-45)21-25-1-11-31-32(19-25)51-24-50-31/h1-12,19-20H,13-18,21-24H2,(H,42,49). The summed E-state index contributed by atoms with van der Waals surface area (Å²) in [6, 6.07) is 20.0. The fourth-order valence-electron chi connectivity index (χ4n) is 6.22. The molecule has 0 bridgehead atoms. The number of hydrogen-bond donors (Lipinski definition) is 1. The lowest BCUT2D eigenvalue weighted by Gasteiger charge is -2.37. The van der Waals surface area contributed by atoms with Gasteiger partial charge in [-0.25, -0.2) is 4.98 Å². The predicted molar refractivity (Wildman–Crippen MR) is 183 cm³/mol. The Morgan fingerprint density at radius 2 is 1.56 bits per heavy atom. The molecule has 12 nitrogen and oxygen atoms in total. The van der Waals surface area contributed by atoms with Crippen LogP contribution in [0.3, 0.4) is 0 Å². The summed E-state index contributed by atoms with van der Waals surface area (Å²) in [5, 5.41) is 2.59. The number of amides is 3. The number of nitrogens with zero attached hydrogens (tertiary/aromatic N) is 5. The topological polar surface area (TPSA) is 117 Å². The Balaban J connectivity index is 0.840. The molecule has 0 atom stereocenters. The summed E-state index contributed by atoms with van der Waals surface area (Å²) in [5.41, 5.74) is 1.41. The van der Waals surface area contributed by atoms with Gasteiger partial charge in [-0.3, -0.25) is 24.2 Å². The molecule has 0 spiro atoms. The number of pyridine rings is 1. The van der Waals surface area contributed by atoms with Crippen LogP contribution in [0.5, 0.6) is 23.1 Å². The van der Waals surface area contributed by atoms with Crippen LogP contribution in [0, 0.1) is 0 Å². The molecule has 0 unspecified atom stereocenters.